The molecule has 0 spiro atoms. The molecule has 2 rings (SSSR count). The van der Waals surface area contributed by atoms with E-state index in [1.54, 1.807) is 7.11 Å². The normalized spacial score (nSPS) is 16.9. The van der Waals surface area contributed by atoms with Crippen molar-refractivity contribution in [1.82, 2.24) is 0 Å². The summed E-state index contributed by atoms with van der Waals surface area (Å²) in [6.45, 7) is 6.41. The molecule has 0 N–H and O–H groups in total. The molecule has 0 bridgehead atoms. The number of allylic oxidation sites excluding steroid dienone is 1. The number of nitrogens with zero attached hydrogens (tertiary/aromatic N) is 1. The van der Waals surface area contributed by atoms with Gasteiger partial charge in [-0.25, -0.2) is 0 Å². The second-order valence-corrected chi connectivity index (χ2v) is 5.27. The van der Waals surface area contributed by atoms with Gasteiger partial charge < -0.3 is 9.64 Å². The van der Waals surface area contributed by atoms with E-state index in [1.165, 1.54) is 5.57 Å². The van der Waals surface area contributed by atoms with Crippen molar-refractivity contribution in [3.63, 3.8) is 0 Å². The van der Waals surface area contributed by atoms with Gasteiger partial charge in [-0.05, 0) is 32.4 Å². The van der Waals surface area contributed by atoms with Crippen LogP contribution in [0, 0.1) is 0 Å². The average molecular weight is 245 g/mol. The number of hydrogen-bond acceptors (Lipinski definition) is 3. The lowest BCUT2D eigenvalue weighted by Gasteiger charge is -2.40. The minimum Gasteiger partial charge on any atom is -0.496 e. The summed E-state index contributed by atoms with van der Waals surface area (Å²) in [6.07, 6.45) is 3.06. The Bertz CT molecular complexity index is 530. The zero-order valence-electron chi connectivity index (χ0n) is 11.6. The summed E-state index contributed by atoms with van der Waals surface area (Å²) in [5.41, 5.74) is 3.95. The van der Waals surface area contributed by atoms with E-state index < -0.39 is 0 Å². The van der Waals surface area contributed by atoms with Crippen LogP contribution in [0.4, 0.5) is 5.69 Å². The number of fused-ring (bicyclic) bond motifs is 1. The number of anilines is 1. The maximum atomic E-state index is 11.1. The molecule has 0 fully saturated rings. The van der Waals surface area contributed by atoms with E-state index in [4.69, 9.17) is 4.74 Å². The number of benzene rings is 1. The Hall–Kier alpha value is -1.77. The number of likely N-dealkylation sites (N-methyl/N-ethyl adjacent to an activating group) is 1. The number of aldehydes is 1. The van der Waals surface area contributed by atoms with E-state index in [2.05, 4.69) is 38.8 Å². The van der Waals surface area contributed by atoms with Crippen LogP contribution in [0.2, 0.25) is 0 Å². The molecular formula is C15H19NO2. The van der Waals surface area contributed by atoms with Crippen molar-refractivity contribution in [3.05, 3.63) is 29.3 Å². The van der Waals surface area contributed by atoms with Gasteiger partial charge >= 0.3 is 0 Å². The molecule has 0 saturated heterocycles. The Balaban J connectivity index is 2.69. The largest absolute Gasteiger partial charge is 0.496 e. The Morgan fingerprint density at radius 3 is 2.56 bits per heavy atom. The lowest BCUT2D eigenvalue weighted by Crippen LogP contribution is -2.42. The van der Waals surface area contributed by atoms with Crippen LogP contribution in [0.25, 0.3) is 5.57 Å². The molecule has 1 aromatic carbocycles. The zero-order chi connectivity index (χ0) is 13.5. The first-order valence-corrected chi connectivity index (χ1v) is 6.01. The molecule has 96 valence electrons. The van der Waals surface area contributed by atoms with Crippen LogP contribution in [0.15, 0.2) is 18.2 Å². The average Bonchev–Trinajstić information content (AvgIpc) is 2.34. The quantitative estimate of drug-likeness (QED) is 0.750. The minimum atomic E-state index is -0.0369. The van der Waals surface area contributed by atoms with Crippen molar-refractivity contribution in [3.8, 4) is 5.75 Å². The smallest absolute Gasteiger partial charge is 0.153 e. The van der Waals surface area contributed by atoms with E-state index in [9.17, 15) is 4.79 Å². The van der Waals surface area contributed by atoms with E-state index in [0.29, 0.717) is 11.3 Å². The summed E-state index contributed by atoms with van der Waals surface area (Å²) >= 11 is 0. The molecule has 1 aliphatic heterocycles. The van der Waals surface area contributed by atoms with Crippen molar-refractivity contribution < 1.29 is 9.53 Å². The summed E-state index contributed by atoms with van der Waals surface area (Å²) in [4.78, 5) is 13.3. The van der Waals surface area contributed by atoms with Gasteiger partial charge in [0.1, 0.15) is 5.75 Å². The monoisotopic (exact) mass is 245 g/mol. The molecule has 0 unspecified atom stereocenters. The van der Waals surface area contributed by atoms with Crippen LogP contribution < -0.4 is 9.64 Å². The molecule has 1 heterocycles. The van der Waals surface area contributed by atoms with Gasteiger partial charge in [-0.3, -0.25) is 4.79 Å². The van der Waals surface area contributed by atoms with E-state index in [0.717, 1.165) is 17.5 Å². The second-order valence-electron chi connectivity index (χ2n) is 5.27. The maximum absolute atomic E-state index is 11.1. The first-order chi connectivity index (χ1) is 8.40. The molecule has 0 radical (unpaired) electrons. The highest BCUT2D eigenvalue weighted by Crippen LogP contribution is 2.40. The zero-order valence-corrected chi connectivity index (χ0v) is 11.6. The highest BCUT2D eigenvalue weighted by molar-refractivity contribution is 5.89. The minimum absolute atomic E-state index is 0.0369. The molecule has 3 heteroatoms. The number of carbonyl (C=O) groups excluding carboxylic acids is 1. The number of ether oxygens (including phenoxy) is 1. The van der Waals surface area contributed by atoms with Gasteiger partial charge in [0, 0.05) is 24.4 Å². The van der Waals surface area contributed by atoms with Crippen LogP contribution in [0.3, 0.4) is 0 Å². The first kappa shape index (κ1) is 12.7. The Morgan fingerprint density at radius 1 is 1.33 bits per heavy atom. The standard InChI is InChI=1S/C15H19NO2/c1-10-8-15(2,3)16(4)13-7-14(18-5)11(9-17)6-12(10)13/h6-9H,1-5H3. The van der Waals surface area contributed by atoms with Crippen LogP contribution in [0.5, 0.6) is 5.75 Å². The molecule has 0 amide bonds. The fourth-order valence-corrected chi connectivity index (χ4v) is 2.46. The van der Waals surface area contributed by atoms with Crippen molar-refractivity contribution >= 4 is 17.5 Å². The van der Waals surface area contributed by atoms with Crippen LogP contribution >= 0.6 is 0 Å². The molecular weight excluding hydrogens is 226 g/mol. The number of methoxy groups -OCH3 is 1. The summed E-state index contributed by atoms with van der Waals surface area (Å²) in [5, 5.41) is 0. The molecule has 1 aliphatic rings. The number of hydrogen-bond donors (Lipinski definition) is 0. The van der Waals surface area contributed by atoms with Crippen molar-refractivity contribution in [2.24, 2.45) is 0 Å². The summed E-state index contributed by atoms with van der Waals surface area (Å²) in [6, 6.07) is 3.84. The van der Waals surface area contributed by atoms with E-state index >= 15 is 0 Å². The van der Waals surface area contributed by atoms with Gasteiger partial charge in [-0.1, -0.05) is 6.08 Å². The third-order valence-electron chi connectivity index (χ3n) is 3.70. The fraction of sp³-hybridized carbons (Fsp3) is 0.400. The number of rotatable bonds is 2. The van der Waals surface area contributed by atoms with Gasteiger partial charge in [0.15, 0.2) is 6.29 Å². The van der Waals surface area contributed by atoms with Gasteiger partial charge in [0.05, 0.1) is 18.2 Å². The third kappa shape index (κ3) is 1.80. The molecule has 0 saturated carbocycles. The SMILES string of the molecule is COc1cc2c(cc1C=O)C(C)=CC(C)(C)N2C. The second kappa shape index (κ2) is 4.16. The van der Waals surface area contributed by atoms with Crippen LogP contribution in [-0.2, 0) is 0 Å². The van der Waals surface area contributed by atoms with Gasteiger partial charge in [-0.15, -0.1) is 0 Å². The Morgan fingerprint density at radius 2 is 2.00 bits per heavy atom. The summed E-state index contributed by atoms with van der Waals surface area (Å²) < 4.78 is 5.28. The van der Waals surface area contributed by atoms with Gasteiger partial charge in [0.25, 0.3) is 0 Å². The lowest BCUT2D eigenvalue weighted by molar-refractivity contribution is 0.112. The molecule has 0 aromatic heterocycles. The highest BCUT2D eigenvalue weighted by atomic mass is 16.5. The Labute approximate surface area is 108 Å². The van der Waals surface area contributed by atoms with Crippen LogP contribution in [-0.4, -0.2) is 26.0 Å². The molecule has 3 nitrogen and oxygen atoms in total. The topological polar surface area (TPSA) is 29.5 Å². The molecule has 0 atom stereocenters. The maximum Gasteiger partial charge on any atom is 0.153 e. The lowest BCUT2D eigenvalue weighted by atomic mass is 9.88. The Kier molecular flexibility index (Phi) is 2.93. The number of carbonyl (C=O) groups is 1. The molecule has 18 heavy (non-hydrogen) atoms. The van der Waals surface area contributed by atoms with E-state index in [1.807, 2.05) is 12.1 Å². The first-order valence-electron chi connectivity index (χ1n) is 6.01. The predicted octanol–water partition coefficient (Wildman–Crippen LogP) is 3.14. The van der Waals surface area contributed by atoms with Crippen molar-refractivity contribution in [1.29, 1.82) is 0 Å². The van der Waals surface area contributed by atoms with E-state index in [-0.39, 0.29) is 5.54 Å². The summed E-state index contributed by atoms with van der Waals surface area (Å²) in [7, 11) is 3.65. The van der Waals surface area contributed by atoms with Gasteiger partial charge in [-0.2, -0.15) is 0 Å². The molecule has 0 aliphatic carbocycles. The third-order valence-corrected chi connectivity index (χ3v) is 3.70. The van der Waals surface area contributed by atoms with Crippen molar-refractivity contribution in [2.75, 3.05) is 19.1 Å². The van der Waals surface area contributed by atoms with Crippen molar-refractivity contribution in [2.45, 2.75) is 26.3 Å². The predicted molar refractivity (Wildman–Crippen MR) is 74.5 cm³/mol. The van der Waals surface area contributed by atoms with Crippen LogP contribution in [0.1, 0.15) is 36.7 Å². The molecule has 1 aromatic rings. The highest BCUT2D eigenvalue weighted by Gasteiger charge is 2.29. The summed E-state index contributed by atoms with van der Waals surface area (Å²) in [5.74, 6) is 0.626. The van der Waals surface area contributed by atoms with Gasteiger partial charge in [0.2, 0.25) is 0 Å². The fourth-order valence-electron chi connectivity index (χ4n) is 2.46.